The van der Waals surface area contributed by atoms with Crippen LogP contribution >= 0.6 is 0 Å². The number of carbonyl (C=O) groups is 2. The Kier molecular flexibility index (Phi) is 6.73. The van der Waals surface area contributed by atoms with Crippen LogP contribution in [0, 0.1) is 5.82 Å². The first-order valence-corrected chi connectivity index (χ1v) is 11.1. The Balaban J connectivity index is 1.47. The van der Waals surface area contributed by atoms with Crippen LogP contribution < -0.4 is 0 Å². The lowest BCUT2D eigenvalue weighted by Crippen LogP contribution is -2.32. The Morgan fingerprint density at radius 1 is 1.06 bits per heavy atom. The van der Waals surface area contributed by atoms with Crippen molar-refractivity contribution in [3.05, 3.63) is 83.3 Å². The van der Waals surface area contributed by atoms with E-state index in [-0.39, 0.29) is 17.4 Å². The van der Waals surface area contributed by atoms with E-state index in [1.54, 1.807) is 23.1 Å². The summed E-state index contributed by atoms with van der Waals surface area (Å²) in [5.74, 6) is 0.130. The smallest absolute Gasteiger partial charge is 0.289 e. The fraction of sp³-hybridized carbons (Fsp3) is 0.360. The quantitative estimate of drug-likeness (QED) is 0.519. The molecular weight excluding hydrogens is 409 g/mol. The van der Waals surface area contributed by atoms with Gasteiger partial charge < -0.3 is 18.8 Å². The predicted molar refractivity (Wildman–Crippen MR) is 119 cm³/mol. The molecule has 0 unspecified atom stereocenters. The molecular formula is C25H28FN3O3. The number of hydrogen-bond acceptors (Lipinski definition) is 3. The summed E-state index contributed by atoms with van der Waals surface area (Å²) in [6, 6.07) is 13.5. The predicted octanol–water partition coefficient (Wildman–Crippen LogP) is 4.56. The van der Waals surface area contributed by atoms with E-state index < -0.39 is 5.82 Å². The molecule has 2 aromatic heterocycles. The number of carbonyl (C=O) groups excluding carboxylic acids is 2. The van der Waals surface area contributed by atoms with E-state index in [0.717, 1.165) is 38.0 Å². The van der Waals surface area contributed by atoms with Gasteiger partial charge in [-0.3, -0.25) is 9.59 Å². The van der Waals surface area contributed by atoms with Crippen LogP contribution in [-0.2, 0) is 13.1 Å². The van der Waals surface area contributed by atoms with Gasteiger partial charge in [-0.05, 0) is 55.7 Å². The highest BCUT2D eigenvalue weighted by Crippen LogP contribution is 2.18. The standard InChI is InChI=1S/C25H28FN3O3/c1-2-13-29(24(30)21-9-3-4-10-22(21)26)17-19-8-7-16-28(19)18-20-11-12-23(32-20)25(31)27-14-5-6-15-27/h3-4,7-12,16H,2,5-6,13-15,17-18H2,1H3. The van der Waals surface area contributed by atoms with E-state index in [1.807, 2.05) is 40.8 Å². The van der Waals surface area contributed by atoms with Crippen molar-refractivity contribution in [3.63, 3.8) is 0 Å². The Labute approximate surface area is 187 Å². The van der Waals surface area contributed by atoms with Gasteiger partial charge in [0.1, 0.15) is 11.6 Å². The van der Waals surface area contributed by atoms with E-state index in [0.29, 0.717) is 31.2 Å². The molecule has 0 saturated carbocycles. The van der Waals surface area contributed by atoms with Crippen molar-refractivity contribution in [2.75, 3.05) is 19.6 Å². The van der Waals surface area contributed by atoms with Gasteiger partial charge in [0.25, 0.3) is 11.8 Å². The van der Waals surface area contributed by atoms with Crippen LogP contribution in [0.25, 0.3) is 0 Å². The molecule has 32 heavy (non-hydrogen) atoms. The molecule has 0 spiro atoms. The first-order valence-electron chi connectivity index (χ1n) is 11.1. The number of rotatable bonds is 8. The largest absolute Gasteiger partial charge is 0.454 e. The third-order valence-electron chi connectivity index (χ3n) is 5.75. The van der Waals surface area contributed by atoms with Gasteiger partial charge in [0.2, 0.25) is 0 Å². The van der Waals surface area contributed by atoms with Crippen LogP contribution in [0.15, 0.2) is 59.1 Å². The maximum Gasteiger partial charge on any atom is 0.289 e. The average Bonchev–Trinajstić information content (AvgIpc) is 3.56. The molecule has 0 bridgehead atoms. The van der Waals surface area contributed by atoms with E-state index in [1.165, 1.54) is 12.1 Å². The Morgan fingerprint density at radius 2 is 1.84 bits per heavy atom. The minimum Gasteiger partial charge on any atom is -0.454 e. The Hall–Kier alpha value is -3.35. The van der Waals surface area contributed by atoms with Gasteiger partial charge >= 0.3 is 0 Å². The summed E-state index contributed by atoms with van der Waals surface area (Å²) >= 11 is 0. The number of halogens is 1. The van der Waals surface area contributed by atoms with Crippen molar-refractivity contribution in [1.82, 2.24) is 14.4 Å². The highest BCUT2D eigenvalue weighted by molar-refractivity contribution is 5.94. The van der Waals surface area contributed by atoms with E-state index in [4.69, 9.17) is 4.42 Å². The van der Waals surface area contributed by atoms with Gasteiger partial charge in [-0.1, -0.05) is 19.1 Å². The topological polar surface area (TPSA) is 58.7 Å². The highest BCUT2D eigenvalue weighted by Gasteiger charge is 2.23. The zero-order valence-electron chi connectivity index (χ0n) is 18.3. The van der Waals surface area contributed by atoms with Crippen LogP contribution in [0.4, 0.5) is 4.39 Å². The SMILES string of the molecule is CCCN(Cc1cccn1Cc1ccc(C(=O)N2CCCC2)o1)C(=O)c1ccccc1F. The zero-order chi connectivity index (χ0) is 22.5. The van der Waals surface area contributed by atoms with Gasteiger partial charge in [0, 0.05) is 31.5 Å². The first kappa shape index (κ1) is 21.9. The summed E-state index contributed by atoms with van der Waals surface area (Å²) in [6.07, 6.45) is 4.75. The van der Waals surface area contributed by atoms with Gasteiger partial charge in [0.05, 0.1) is 18.7 Å². The van der Waals surface area contributed by atoms with Crippen LogP contribution in [0.5, 0.6) is 0 Å². The van der Waals surface area contributed by atoms with E-state index in [2.05, 4.69) is 0 Å². The normalized spacial score (nSPS) is 13.5. The van der Waals surface area contributed by atoms with Crippen molar-refractivity contribution >= 4 is 11.8 Å². The summed E-state index contributed by atoms with van der Waals surface area (Å²) in [4.78, 5) is 29.0. The molecule has 1 aromatic carbocycles. The summed E-state index contributed by atoms with van der Waals surface area (Å²) < 4.78 is 22.0. The van der Waals surface area contributed by atoms with Crippen molar-refractivity contribution in [3.8, 4) is 0 Å². The van der Waals surface area contributed by atoms with Crippen LogP contribution in [0.1, 0.15) is 58.6 Å². The molecule has 0 aliphatic carbocycles. The van der Waals surface area contributed by atoms with Crippen molar-refractivity contribution < 1.29 is 18.4 Å². The Morgan fingerprint density at radius 3 is 2.59 bits per heavy atom. The van der Waals surface area contributed by atoms with Crippen molar-refractivity contribution in [2.24, 2.45) is 0 Å². The second-order valence-corrected chi connectivity index (χ2v) is 8.10. The minimum absolute atomic E-state index is 0.0638. The minimum atomic E-state index is -0.514. The first-order chi connectivity index (χ1) is 15.6. The summed E-state index contributed by atoms with van der Waals surface area (Å²) in [5, 5.41) is 0. The number of likely N-dealkylation sites (tertiary alicyclic amines) is 1. The molecule has 0 atom stereocenters. The number of aromatic nitrogens is 1. The second kappa shape index (κ2) is 9.85. The molecule has 4 rings (SSSR count). The van der Waals surface area contributed by atoms with E-state index >= 15 is 0 Å². The molecule has 7 heteroatoms. The van der Waals surface area contributed by atoms with Crippen LogP contribution in [0.2, 0.25) is 0 Å². The number of furan rings is 1. The summed E-state index contributed by atoms with van der Waals surface area (Å²) in [6.45, 7) is 4.87. The molecule has 1 aliphatic heterocycles. The van der Waals surface area contributed by atoms with E-state index in [9.17, 15) is 14.0 Å². The maximum atomic E-state index is 14.2. The van der Waals surface area contributed by atoms with Gasteiger partial charge in [-0.25, -0.2) is 4.39 Å². The molecule has 0 radical (unpaired) electrons. The fourth-order valence-electron chi connectivity index (χ4n) is 4.09. The molecule has 168 valence electrons. The fourth-order valence-corrected chi connectivity index (χ4v) is 4.09. The number of amides is 2. The monoisotopic (exact) mass is 437 g/mol. The highest BCUT2D eigenvalue weighted by atomic mass is 19.1. The lowest BCUT2D eigenvalue weighted by atomic mass is 10.1. The van der Waals surface area contributed by atoms with Gasteiger partial charge in [-0.2, -0.15) is 0 Å². The van der Waals surface area contributed by atoms with Crippen molar-refractivity contribution in [2.45, 2.75) is 39.3 Å². The number of nitrogens with zero attached hydrogens (tertiary/aromatic N) is 3. The van der Waals surface area contributed by atoms with Crippen molar-refractivity contribution in [1.29, 1.82) is 0 Å². The lowest BCUT2D eigenvalue weighted by Gasteiger charge is -2.23. The summed E-state index contributed by atoms with van der Waals surface area (Å²) in [7, 11) is 0. The third kappa shape index (κ3) is 4.77. The second-order valence-electron chi connectivity index (χ2n) is 8.10. The molecule has 6 nitrogen and oxygen atoms in total. The van der Waals surface area contributed by atoms with Gasteiger partial charge in [0.15, 0.2) is 5.76 Å². The van der Waals surface area contributed by atoms with Crippen LogP contribution in [-0.4, -0.2) is 45.8 Å². The molecule has 1 saturated heterocycles. The number of benzene rings is 1. The average molecular weight is 438 g/mol. The molecule has 3 aromatic rings. The maximum absolute atomic E-state index is 14.2. The molecule has 1 fully saturated rings. The third-order valence-corrected chi connectivity index (χ3v) is 5.75. The molecule has 3 heterocycles. The van der Waals surface area contributed by atoms with Crippen LogP contribution in [0.3, 0.4) is 0 Å². The summed E-state index contributed by atoms with van der Waals surface area (Å²) in [5.41, 5.74) is 0.988. The lowest BCUT2D eigenvalue weighted by molar-refractivity contribution is 0.0731. The number of hydrogen-bond donors (Lipinski definition) is 0. The zero-order valence-corrected chi connectivity index (χ0v) is 18.3. The molecule has 0 N–H and O–H groups in total. The molecule has 1 aliphatic rings. The Bertz CT molecular complexity index is 1080. The van der Waals surface area contributed by atoms with Gasteiger partial charge in [-0.15, -0.1) is 0 Å². The molecule has 2 amide bonds.